The second-order valence-corrected chi connectivity index (χ2v) is 10.5. The Morgan fingerprint density at radius 1 is 1.28 bits per heavy atom. The van der Waals surface area contributed by atoms with Crippen molar-refractivity contribution < 1.29 is 27.5 Å². The van der Waals surface area contributed by atoms with Crippen molar-refractivity contribution in [1.29, 1.82) is 0 Å². The highest BCUT2D eigenvalue weighted by Crippen LogP contribution is 2.26. The first kappa shape index (κ1) is 23.9. The van der Waals surface area contributed by atoms with Gasteiger partial charge in [-0.25, -0.2) is 13.2 Å². The van der Waals surface area contributed by atoms with Crippen LogP contribution in [0.15, 0.2) is 23.3 Å². The number of amides is 2. The largest absolute Gasteiger partial charge is 0.448 e. The molecule has 0 radical (unpaired) electrons. The average Bonchev–Trinajstić information content (AvgIpc) is 3.10. The van der Waals surface area contributed by atoms with Gasteiger partial charge >= 0.3 is 5.97 Å². The Balaban J connectivity index is 1.73. The number of ether oxygens (including phenoxy) is 1. The molecule has 1 aromatic carbocycles. The molecular weight excluding hydrogens is 434 g/mol. The van der Waals surface area contributed by atoms with E-state index >= 15 is 0 Å². The monoisotopic (exact) mass is 463 g/mol. The van der Waals surface area contributed by atoms with Crippen LogP contribution in [0.1, 0.15) is 44.2 Å². The Morgan fingerprint density at radius 2 is 2.00 bits per heavy atom. The number of aryl methyl sites for hydroxylation is 2. The molecule has 9 nitrogen and oxygen atoms in total. The van der Waals surface area contributed by atoms with Crippen LogP contribution in [0.3, 0.4) is 0 Å². The van der Waals surface area contributed by atoms with E-state index in [1.165, 1.54) is 16.8 Å². The van der Waals surface area contributed by atoms with E-state index in [9.17, 15) is 22.8 Å². The van der Waals surface area contributed by atoms with Crippen molar-refractivity contribution in [2.24, 2.45) is 5.10 Å². The van der Waals surface area contributed by atoms with Crippen LogP contribution in [0.25, 0.3) is 0 Å². The van der Waals surface area contributed by atoms with Gasteiger partial charge in [-0.15, -0.1) is 0 Å². The van der Waals surface area contributed by atoms with E-state index in [-0.39, 0.29) is 36.0 Å². The van der Waals surface area contributed by atoms with Crippen molar-refractivity contribution in [3.63, 3.8) is 0 Å². The summed E-state index contributed by atoms with van der Waals surface area (Å²) in [6.45, 7) is 7.29. The highest BCUT2D eigenvalue weighted by molar-refractivity contribution is 7.91. The van der Waals surface area contributed by atoms with Gasteiger partial charge in [0.2, 0.25) is 5.91 Å². The van der Waals surface area contributed by atoms with E-state index in [1.54, 1.807) is 6.92 Å². The lowest BCUT2D eigenvalue weighted by Crippen LogP contribution is -2.47. The maximum Gasteiger partial charge on any atom is 0.355 e. The molecule has 32 heavy (non-hydrogen) atoms. The molecule has 174 valence electrons. The summed E-state index contributed by atoms with van der Waals surface area (Å²) in [6.07, 6.45) is -0.495. The number of hydrogen-bond donors (Lipinski definition) is 0. The van der Waals surface area contributed by atoms with Gasteiger partial charge in [0, 0.05) is 25.4 Å². The molecule has 0 N–H and O–H groups in total. The van der Waals surface area contributed by atoms with Gasteiger partial charge in [0.1, 0.15) is 5.71 Å². The van der Waals surface area contributed by atoms with E-state index < -0.39 is 33.9 Å². The maximum atomic E-state index is 12.9. The lowest BCUT2D eigenvalue weighted by molar-refractivity contribution is -0.155. The predicted octanol–water partition coefficient (Wildman–Crippen LogP) is 1.75. The molecule has 3 rings (SSSR count). The van der Waals surface area contributed by atoms with Crippen LogP contribution in [0.5, 0.6) is 0 Å². The molecule has 1 fully saturated rings. The van der Waals surface area contributed by atoms with Crippen LogP contribution in [0.4, 0.5) is 5.69 Å². The fourth-order valence-corrected chi connectivity index (χ4v) is 5.69. The first-order valence-electron chi connectivity index (χ1n) is 10.7. The van der Waals surface area contributed by atoms with Crippen molar-refractivity contribution in [3.05, 3.63) is 29.3 Å². The number of sulfone groups is 1. The van der Waals surface area contributed by atoms with E-state index in [0.29, 0.717) is 18.7 Å². The predicted molar refractivity (Wildman–Crippen MR) is 120 cm³/mol. The number of nitrogens with zero attached hydrogens (tertiary/aromatic N) is 3. The zero-order valence-corrected chi connectivity index (χ0v) is 19.6. The summed E-state index contributed by atoms with van der Waals surface area (Å²) in [6, 6.07) is 5.21. The zero-order chi connectivity index (χ0) is 23.6. The summed E-state index contributed by atoms with van der Waals surface area (Å²) in [7, 11) is -3.15. The van der Waals surface area contributed by atoms with Crippen LogP contribution in [0.2, 0.25) is 0 Å². The van der Waals surface area contributed by atoms with E-state index in [0.717, 1.165) is 11.1 Å². The Hall–Kier alpha value is -2.75. The fourth-order valence-electron chi connectivity index (χ4n) is 3.96. The maximum absolute atomic E-state index is 12.9. The van der Waals surface area contributed by atoms with Gasteiger partial charge in [0.15, 0.2) is 15.9 Å². The summed E-state index contributed by atoms with van der Waals surface area (Å²) in [5, 5.41) is 5.45. The first-order chi connectivity index (χ1) is 15.0. The quantitative estimate of drug-likeness (QED) is 0.594. The smallest absolute Gasteiger partial charge is 0.355 e. The summed E-state index contributed by atoms with van der Waals surface area (Å²) >= 11 is 0. The van der Waals surface area contributed by atoms with Crippen molar-refractivity contribution in [2.75, 3.05) is 23.1 Å². The summed E-state index contributed by atoms with van der Waals surface area (Å²) in [4.78, 5) is 39.5. The van der Waals surface area contributed by atoms with Crippen LogP contribution >= 0.6 is 0 Å². The molecule has 0 spiro atoms. The fraction of sp³-hybridized carbons (Fsp3) is 0.545. The van der Waals surface area contributed by atoms with E-state index in [2.05, 4.69) is 5.10 Å². The highest BCUT2D eigenvalue weighted by Gasteiger charge is 2.37. The van der Waals surface area contributed by atoms with Gasteiger partial charge in [-0.1, -0.05) is 12.1 Å². The summed E-state index contributed by atoms with van der Waals surface area (Å²) in [5.41, 5.74) is 2.47. The lowest BCUT2D eigenvalue weighted by atomic mass is 10.1. The number of esters is 1. The Morgan fingerprint density at radius 3 is 2.62 bits per heavy atom. The molecule has 1 saturated heterocycles. The normalized spacial score (nSPS) is 21.1. The minimum absolute atomic E-state index is 0.0503. The van der Waals surface area contributed by atoms with Crippen LogP contribution in [-0.2, 0) is 29.0 Å². The number of carbonyl (C=O) groups excluding carboxylic acids is 3. The zero-order valence-electron chi connectivity index (χ0n) is 18.8. The summed E-state index contributed by atoms with van der Waals surface area (Å²) in [5.74, 6) is -1.45. The topological polar surface area (TPSA) is 113 Å². The molecule has 2 aliphatic heterocycles. The number of hydrazone groups is 1. The van der Waals surface area contributed by atoms with Crippen molar-refractivity contribution in [1.82, 2.24) is 4.90 Å². The van der Waals surface area contributed by atoms with Gasteiger partial charge in [0.25, 0.3) is 5.91 Å². The van der Waals surface area contributed by atoms with E-state index in [4.69, 9.17) is 4.74 Å². The molecular formula is C22H29N3O6S. The summed E-state index contributed by atoms with van der Waals surface area (Å²) < 4.78 is 28.9. The molecule has 0 bridgehead atoms. The van der Waals surface area contributed by atoms with Crippen LogP contribution < -0.4 is 5.01 Å². The van der Waals surface area contributed by atoms with Gasteiger partial charge in [0.05, 0.1) is 17.2 Å². The van der Waals surface area contributed by atoms with Gasteiger partial charge in [-0.3, -0.25) is 9.59 Å². The second kappa shape index (κ2) is 9.40. The Labute approximate surface area is 188 Å². The number of carbonyl (C=O) groups is 3. The molecule has 1 aromatic rings. The van der Waals surface area contributed by atoms with Gasteiger partial charge in [-0.05, 0) is 51.3 Å². The Bertz CT molecular complexity index is 1070. The minimum Gasteiger partial charge on any atom is -0.448 e. The third kappa shape index (κ3) is 5.17. The highest BCUT2D eigenvalue weighted by atomic mass is 32.2. The molecule has 2 amide bonds. The van der Waals surface area contributed by atoms with Gasteiger partial charge < -0.3 is 9.64 Å². The third-order valence-electron chi connectivity index (χ3n) is 5.77. The Kier molecular flexibility index (Phi) is 7.02. The standard InChI is InChI=1S/C22H29N3O6S/c1-5-24(17-10-11-32(29,30)13-17)21(27)16(4)31-22(28)18-8-9-20(26)25(23-18)19-12-14(2)6-7-15(19)3/h6-7,12,16-17H,5,8-11,13H2,1-4H3/t16-,17-/m1/s1. The average molecular weight is 464 g/mol. The minimum atomic E-state index is -3.15. The third-order valence-corrected chi connectivity index (χ3v) is 7.52. The molecule has 2 aliphatic rings. The molecule has 0 aromatic heterocycles. The van der Waals surface area contributed by atoms with Crippen molar-refractivity contribution >= 4 is 39.0 Å². The molecule has 2 heterocycles. The molecule has 0 aliphatic carbocycles. The van der Waals surface area contributed by atoms with Crippen LogP contribution in [0, 0.1) is 13.8 Å². The number of anilines is 1. The lowest BCUT2D eigenvalue weighted by Gasteiger charge is -2.29. The van der Waals surface area contributed by atoms with Gasteiger partial charge in [-0.2, -0.15) is 10.1 Å². The molecule has 0 saturated carbocycles. The first-order valence-corrected chi connectivity index (χ1v) is 12.5. The molecule has 10 heteroatoms. The number of likely N-dealkylation sites (N-methyl/N-ethyl adjacent to an activating group) is 1. The van der Waals surface area contributed by atoms with Crippen molar-refractivity contribution in [3.8, 4) is 0 Å². The van der Waals surface area contributed by atoms with Crippen molar-refractivity contribution in [2.45, 2.75) is 59.1 Å². The molecule has 0 unspecified atom stereocenters. The van der Waals surface area contributed by atoms with E-state index in [1.807, 2.05) is 32.0 Å². The van der Waals surface area contributed by atoms with Crippen LogP contribution in [-0.4, -0.2) is 67.0 Å². The molecule has 2 atom stereocenters. The SMILES string of the molecule is CCN(C(=O)[C@@H](C)OC(=O)C1=NN(c2cc(C)ccc2C)C(=O)CC1)[C@@H]1CCS(=O)(=O)C1. The number of hydrogen-bond acceptors (Lipinski definition) is 7. The number of benzene rings is 1. The number of rotatable bonds is 6. The second-order valence-electron chi connectivity index (χ2n) is 8.27.